The van der Waals surface area contributed by atoms with Crippen LogP contribution < -0.4 is 10.1 Å². The summed E-state index contributed by atoms with van der Waals surface area (Å²) in [4.78, 5) is 12.3. The Kier molecular flexibility index (Phi) is 6.69. The first kappa shape index (κ1) is 18.9. The van der Waals surface area contributed by atoms with Crippen molar-refractivity contribution < 1.29 is 24.9 Å². The minimum absolute atomic E-state index is 0.0925. The van der Waals surface area contributed by atoms with E-state index in [-0.39, 0.29) is 36.1 Å². The number of amides is 1. The van der Waals surface area contributed by atoms with Gasteiger partial charge in [-0.3, -0.25) is 4.79 Å². The number of hydrogen-bond acceptors (Lipinski definition) is 7. The smallest absolute Gasteiger partial charge is 0.279 e. The fourth-order valence-corrected chi connectivity index (χ4v) is 1.92. The van der Waals surface area contributed by atoms with Gasteiger partial charge in [-0.1, -0.05) is 12.1 Å². The number of azo groups is 1. The van der Waals surface area contributed by atoms with E-state index in [1.807, 2.05) is 0 Å². The number of nitrogens with zero attached hydrogens (tertiary/aromatic N) is 2. The van der Waals surface area contributed by atoms with E-state index in [1.54, 1.807) is 36.4 Å². The van der Waals surface area contributed by atoms with Crippen LogP contribution in [0.3, 0.4) is 0 Å². The largest absolute Gasteiger partial charge is 0.510 e. The molecule has 0 aliphatic rings. The van der Waals surface area contributed by atoms with Crippen LogP contribution in [-0.4, -0.2) is 34.4 Å². The van der Waals surface area contributed by atoms with Crippen molar-refractivity contribution in [2.45, 2.75) is 6.92 Å². The van der Waals surface area contributed by atoms with Gasteiger partial charge in [-0.2, -0.15) is 0 Å². The second kappa shape index (κ2) is 9.19. The highest BCUT2D eigenvalue weighted by atomic mass is 16.5. The Morgan fingerprint density at radius 2 is 1.85 bits per heavy atom. The van der Waals surface area contributed by atoms with Crippen LogP contribution in [0.5, 0.6) is 11.5 Å². The zero-order valence-corrected chi connectivity index (χ0v) is 14.1. The number of carbonyl (C=O) groups excluding carboxylic acids is 1. The van der Waals surface area contributed by atoms with Crippen molar-refractivity contribution in [3.8, 4) is 11.5 Å². The molecule has 0 aliphatic heterocycles. The number of ether oxygens (including phenoxy) is 1. The first-order valence-electron chi connectivity index (χ1n) is 7.76. The predicted octanol–water partition coefficient (Wildman–Crippen LogP) is 3.28. The lowest BCUT2D eigenvalue weighted by molar-refractivity contribution is -0.113. The first-order valence-corrected chi connectivity index (χ1v) is 7.76. The molecule has 0 aromatic heterocycles. The number of anilines is 1. The molecule has 0 saturated heterocycles. The Morgan fingerprint density at radius 1 is 1.15 bits per heavy atom. The maximum Gasteiger partial charge on any atom is 0.279 e. The molecule has 2 aromatic carbocycles. The zero-order chi connectivity index (χ0) is 18.9. The monoisotopic (exact) mass is 357 g/mol. The van der Waals surface area contributed by atoms with E-state index in [1.165, 1.54) is 19.1 Å². The number of nitrogens with one attached hydrogen (secondary N) is 1. The van der Waals surface area contributed by atoms with Gasteiger partial charge >= 0.3 is 0 Å². The highest BCUT2D eigenvalue weighted by Gasteiger charge is 2.14. The van der Waals surface area contributed by atoms with Crippen molar-refractivity contribution in [1.82, 2.24) is 0 Å². The Labute approximate surface area is 150 Å². The Bertz CT molecular complexity index is 812. The number of phenolic OH excluding ortho intramolecular Hbond substituents is 1. The van der Waals surface area contributed by atoms with Gasteiger partial charge in [-0.15, -0.1) is 10.2 Å². The van der Waals surface area contributed by atoms with Gasteiger partial charge in [0.2, 0.25) is 0 Å². The number of carbonyl (C=O) groups is 1. The number of hydrogen-bond donors (Lipinski definition) is 4. The average Bonchev–Trinajstić information content (AvgIpc) is 2.62. The number of benzene rings is 2. The van der Waals surface area contributed by atoms with Crippen molar-refractivity contribution >= 4 is 17.3 Å². The van der Waals surface area contributed by atoms with E-state index in [9.17, 15) is 15.0 Å². The average molecular weight is 357 g/mol. The molecule has 2 aromatic rings. The van der Waals surface area contributed by atoms with E-state index in [4.69, 9.17) is 9.84 Å². The Balaban J connectivity index is 2.09. The third-order valence-electron chi connectivity index (χ3n) is 3.17. The molecule has 136 valence electrons. The number of aromatic hydroxyl groups is 1. The van der Waals surface area contributed by atoms with Crippen LogP contribution in [-0.2, 0) is 4.79 Å². The third-order valence-corrected chi connectivity index (χ3v) is 3.17. The van der Waals surface area contributed by atoms with E-state index >= 15 is 0 Å². The van der Waals surface area contributed by atoms with Crippen LogP contribution in [0.2, 0.25) is 0 Å². The molecular weight excluding hydrogens is 338 g/mol. The van der Waals surface area contributed by atoms with Crippen LogP contribution in [0.1, 0.15) is 6.92 Å². The van der Waals surface area contributed by atoms with Crippen LogP contribution in [0, 0.1) is 0 Å². The molecule has 0 unspecified atom stereocenters. The predicted molar refractivity (Wildman–Crippen MR) is 95.6 cm³/mol. The van der Waals surface area contributed by atoms with E-state index in [2.05, 4.69) is 15.5 Å². The van der Waals surface area contributed by atoms with Crippen molar-refractivity contribution in [2.24, 2.45) is 10.2 Å². The molecule has 0 radical (unpaired) electrons. The topological polar surface area (TPSA) is 124 Å². The zero-order valence-electron chi connectivity index (χ0n) is 14.1. The maximum absolute atomic E-state index is 12.3. The molecule has 0 bridgehead atoms. The van der Waals surface area contributed by atoms with E-state index in [0.29, 0.717) is 11.4 Å². The molecule has 0 heterocycles. The maximum atomic E-state index is 12.3. The Hall–Kier alpha value is -3.39. The van der Waals surface area contributed by atoms with Crippen molar-refractivity contribution in [3.05, 3.63) is 60.0 Å². The number of rotatable bonds is 7. The summed E-state index contributed by atoms with van der Waals surface area (Å²) in [6, 6.07) is 12.7. The van der Waals surface area contributed by atoms with Crippen molar-refractivity contribution in [2.75, 3.05) is 18.5 Å². The van der Waals surface area contributed by atoms with Crippen LogP contribution >= 0.6 is 0 Å². The molecule has 0 atom stereocenters. The second-order valence-corrected chi connectivity index (χ2v) is 5.17. The summed E-state index contributed by atoms with van der Waals surface area (Å²) in [7, 11) is 0. The number of allylic oxidation sites excluding steroid dienone is 1. The molecule has 0 spiro atoms. The standard InChI is InChI=1S/C18H19N3O5/c1-12(23)17(21-20-15-4-2-3-5-16(15)24)18(25)19-13-6-8-14(9-7-13)26-11-10-22/h2-9,22-24H,10-11H2,1H3,(H,19,25). The molecule has 0 saturated carbocycles. The van der Waals surface area contributed by atoms with Crippen molar-refractivity contribution in [3.63, 3.8) is 0 Å². The molecule has 8 nitrogen and oxygen atoms in total. The third kappa shape index (κ3) is 5.32. The molecule has 0 fully saturated rings. The summed E-state index contributed by atoms with van der Waals surface area (Å²) in [6.45, 7) is 1.39. The normalized spacial score (nSPS) is 11.9. The minimum atomic E-state index is -0.659. The fraction of sp³-hybridized carbons (Fsp3) is 0.167. The lowest BCUT2D eigenvalue weighted by atomic mass is 10.3. The molecule has 26 heavy (non-hydrogen) atoms. The molecule has 2 rings (SSSR count). The Morgan fingerprint density at radius 3 is 2.46 bits per heavy atom. The highest BCUT2D eigenvalue weighted by Crippen LogP contribution is 2.26. The number of para-hydroxylation sites is 1. The van der Waals surface area contributed by atoms with Crippen LogP contribution in [0.15, 0.2) is 70.2 Å². The van der Waals surface area contributed by atoms with Crippen LogP contribution in [0.25, 0.3) is 0 Å². The van der Waals surface area contributed by atoms with Crippen molar-refractivity contribution in [1.29, 1.82) is 0 Å². The van der Waals surface area contributed by atoms with Gasteiger partial charge in [0.1, 0.15) is 29.6 Å². The molecule has 0 aliphatic carbocycles. The highest BCUT2D eigenvalue weighted by molar-refractivity contribution is 6.03. The first-order chi connectivity index (χ1) is 12.5. The molecular formula is C18H19N3O5. The van der Waals surface area contributed by atoms with Crippen LogP contribution in [0.4, 0.5) is 11.4 Å². The number of phenols is 1. The number of aliphatic hydroxyl groups is 2. The lowest BCUT2D eigenvalue weighted by Gasteiger charge is -2.08. The quantitative estimate of drug-likeness (QED) is 0.344. The fourth-order valence-electron chi connectivity index (χ4n) is 1.92. The van der Waals surface area contributed by atoms with Gasteiger partial charge in [-0.25, -0.2) is 0 Å². The van der Waals surface area contributed by atoms with Gasteiger partial charge in [-0.05, 0) is 43.3 Å². The van der Waals surface area contributed by atoms with Gasteiger partial charge in [0.15, 0.2) is 5.70 Å². The minimum Gasteiger partial charge on any atom is -0.510 e. The summed E-state index contributed by atoms with van der Waals surface area (Å²) in [5.41, 5.74) is 0.348. The summed E-state index contributed by atoms with van der Waals surface area (Å²) in [5.74, 6) is -0.520. The van der Waals surface area contributed by atoms with Gasteiger partial charge < -0.3 is 25.4 Å². The summed E-state index contributed by atoms with van der Waals surface area (Å²) in [5, 5.41) is 38.2. The van der Waals surface area contributed by atoms with Gasteiger partial charge in [0, 0.05) is 5.69 Å². The van der Waals surface area contributed by atoms with Gasteiger partial charge in [0.25, 0.3) is 5.91 Å². The lowest BCUT2D eigenvalue weighted by Crippen LogP contribution is -2.14. The summed E-state index contributed by atoms with van der Waals surface area (Å²) < 4.78 is 5.23. The van der Waals surface area contributed by atoms with E-state index in [0.717, 1.165) is 0 Å². The second-order valence-electron chi connectivity index (χ2n) is 5.17. The molecule has 1 amide bonds. The molecule has 8 heteroatoms. The molecule has 4 N–H and O–H groups in total. The van der Waals surface area contributed by atoms with Gasteiger partial charge in [0.05, 0.1) is 6.61 Å². The summed E-state index contributed by atoms with van der Waals surface area (Å²) in [6.07, 6.45) is 0. The number of aliphatic hydroxyl groups excluding tert-OH is 2. The SMILES string of the molecule is CC(O)=C(N=Nc1ccccc1O)C(=O)Nc1ccc(OCCO)cc1. The van der Waals surface area contributed by atoms with E-state index < -0.39 is 5.91 Å². The summed E-state index contributed by atoms with van der Waals surface area (Å²) >= 11 is 0.